The third-order valence-corrected chi connectivity index (χ3v) is 6.03. The zero-order valence-electron chi connectivity index (χ0n) is 18.5. The van der Waals surface area contributed by atoms with E-state index in [0.29, 0.717) is 5.92 Å². The molecule has 0 aliphatic carbocycles. The maximum Gasteiger partial charge on any atom is 0.129 e. The Morgan fingerprint density at radius 2 is 1.93 bits per heavy atom. The van der Waals surface area contributed by atoms with Crippen LogP contribution in [0.3, 0.4) is 0 Å². The highest BCUT2D eigenvalue weighted by Crippen LogP contribution is 2.45. The molecule has 0 saturated carbocycles. The van der Waals surface area contributed by atoms with Crippen LogP contribution in [-0.4, -0.2) is 25.4 Å². The number of methoxy groups -OCH3 is 1. The summed E-state index contributed by atoms with van der Waals surface area (Å²) in [6, 6.07) is 10.8. The molecule has 0 saturated heterocycles. The molecule has 0 spiro atoms. The van der Waals surface area contributed by atoms with E-state index in [1.54, 1.807) is 7.11 Å². The summed E-state index contributed by atoms with van der Waals surface area (Å²) in [6.07, 6.45) is 4.23. The molecule has 1 aliphatic heterocycles. The molecular formula is C25H34N2O. The smallest absolute Gasteiger partial charge is 0.129 e. The van der Waals surface area contributed by atoms with Gasteiger partial charge in [0.1, 0.15) is 5.75 Å². The van der Waals surface area contributed by atoms with Gasteiger partial charge in [0.05, 0.1) is 12.8 Å². The van der Waals surface area contributed by atoms with Gasteiger partial charge in [-0.3, -0.25) is 4.99 Å². The summed E-state index contributed by atoms with van der Waals surface area (Å²) in [5, 5.41) is 0. The second-order valence-corrected chi connectivity index (χ2v) is 8.75. The van der Waals surface area contributed by atoms with Gasteiger partial charge in [-0.2, -0.15) is 0 Å². The first-order valence-corrected chi connectivity index (χ1v) is 10.4. The van der Waals surface area contributed by atoms with Gasteiger partial charge in [-0.05, 0) is 81.3 Å². The predicted molar refractivity (Wildman–Crippen MR) is 121 cm³/mol. The number of fused-ring (bicyclic) bond motifs is 1. The van der Waals surface area contributed by atoms with Crippen molar-refractivity contribution in [2.24, 2.45) is 4.99 Å². The van der Waals surface area contributed by atoms with Gasteiger partial charge in [-0.1, -0.05) is 19.9 Å². The molecule has 0 bridgehead atoms. The summed E-state index contributed by atoms with van der Waals surface area (Å²) < 4.78 is 5.75. The minimum Gasteiger partial charge on any atom is -0.496 e. The van der Waals surface area contributed by atoms with Crippen LogP contribution < -0.4 is 9.64 Å². The van der Waals surface area contributed by atoms with Crippen molar-refractivity contribution in [1.82, 2.24) is 0 Å². The number of ether oxygens (including phenoxy) is 1. The second kappa shape index (κ2) is 7.98. The number of benzene rings is 2. The van der Waals surface area contributed by atoms with Crippen LogP contribution in [0.15, 0.2) is 35.3 Å². The fourth-order valence-electron chi connectivity index (χ4n) is 4.40. The molecule has 0 fully saturated rings. The van der Waals surface area contributed by atoms with Gasteiger partial charge in [-0.15, -0.1) is 0 Å². The van der Waals surface area contributed by atoms with Crippen molar-refractivity contribution in [2.75, 3.05) is 18.6 Å². The average molecular weight is 379 g/mol. The molecule has 1 heterocycles. The van der Waals surface area contributed by atoms with Crippen LogP contribution in [0.2, 0.25) is 0 Å². The molecule has 0 N–H and O–H groups in total. The Balaban J connectivity index is 2.03. The SMILES string of the molecule is CCCN1c2cc(OC)c(C=Nc3ccc(C)c(C)c3)cc2C(C)CC1(C)C. The number of aliphatic imine (C=N–C) groups is 1. The number of rotatable bonds is 5. The van der Waals surface area contributed by atoms with E-state index < -0.39 is 0 Å². The van der Waals surface area contributed by atoms with E-state index in [2.05, 4.69) is 76.8 Å². The molecule has 1 aliphatic rings. The number of anilines is 1. The fourth-order valence-corrected chi connectivity index (χ4v) is 4.40. The van der Waals surface area contributed by atoms with Gasteiger partial charge in [0.2, 0.25) is 0 Å². The van der Waals surface area contributed by atoms with E-state index in [1.807, 2.05) is 6.21 Å². The Kier molecular flexibility index (Phi) is 5.83. The maximum atomic E-state index is 5.75. The second-order valence-electron chi connectivity index (χ2n) is 8.75. The Morgan fingerprint density at radius 3 is 2.57 bits per heavy atom. The highest BCUT2D eigenvalue weighted by molar-refractivity contribution is 5.88. The monoisotopic (exact) mass is 378 g/mol. The molecule has 0 aromatic heterocycles. The molecule has 1 atom stereocenters. The molecular weight excluding hydrogens is 344 g/mol. The van der Waals surface area contributed by atoms with Crippen molar-refractivity contribution in [1.29, 1.82) is 0 Å². The normalized spacial score (nSPS) is 18.4. The van der Waals surface area contributed by atoms with E-state index in [0.717, 1.165) is 36.4 Å². The summed E-state index contributed by atoms with van der Waals surface area (Å²) in [4.78, 5) is 7.28. The Morgan fingerprint density at radius 1 is 1.18 bits per heavy atom. The van der Waals surface area contributed by atoms with Crippen LogP contribution in [0.25, 0.3) is 0 Å². The van der Waals surface area contributed by atoms with Crippen molar-refractivity contribution in [3.05, 3.63) is 52.6 Å². The number of aryl methyl sites for hydroxylation is 2. The van der Waals surface area contributed by atoms with Crippen molar-refractivity contribution < 1.29 is 4.74 Å². The number of hydrogen-bond donors (Lipinski definition) is 0. The molecule has 3 heteroatoms. The lowest BCUT2D eigenvalue weighted by molar-refractivity contribution is 0.372. The number of nitrogens with zero attached hydrogens (tertiary/aromatic N) is 2. The Labute approximate surface area is 170 Å². The predicted octanol–water partition coefficient (Wildman–Crippen LogP) is 6.56. The molecule has 0 amide bonds. The van der Waals surface area contributed by atoms with Crippen molar-refractivity contribution in [3.8, 4) is 5.75 Å². The van der Waals surface area contributed by atoms with E-state index in [9.17, 15) is 0 Å². The van der Waals surface area contributed by atoms with Crippen LogP contribution in [0.4, 0.5) is 11.4 Å². The van der Waals surface area contributed by atoms with E-state index >= 15 is 0 Å². The van der Waals surface area contributed by atoms with Gasteiger partial charge >= 0.3 is 0 Å². The lowest BCUT2D eigenvalue weighted by Gasteiger charge is -2.47. The molecule has 150 valence electrons. The van der Waals surface area contributed by atoms with Crippen molar-refractivity contribution in [2.45, 2.75) is 65.8 Å². The van der Waals surface area contributed by atoms with E-state index in [-0.39, 0.29) is 5.54 Å². The number of hydrogen-bond acceptors (Lipinski definition) is 3. The van der Waals surface area contributed by atoms with Gasteiger partial charge in [0, 0.05) is 35.6 Å². The third-order valence-electron chi connectivity index (χ3n) is 6.03. The lowest BCUT2D eigenvalue weighted by atomic mass is 9.79. The van der Waals surface area contributed by atoms with Gasteiger partial charge < -0.3 is 9.64 Å². The summed E-state index contributed by atoms with van der Waals surface area (Å²) in [5.41, 5.74) is 7.44. The fraction of sp³-hybridized carbons (Fsp3) is 0.480. The molecule has 28 heavy (non-hydrogen) atoms. The third kappa shape index (κ3) is 3.94. The zero-order valence-corrected chi connectivity index (χ0v) is 18.5. The highest BCUT2D eigenvalue weighted by atomic mass is 16.5. The first kappa shape index (κ1) is 20.4. The van der Waals surface area contributed by atoms with Crippen molar-refractivity contribution in [3.63, 3.8) is 0 Å². The van der Waals surface area contributed by atoms with Crippen LogP contribution in [0.5, 0.6) is 5.75 Å². The van der Waals surface area contributed by atoms with Crippen LogP contribution in [-0.2, 0) is 0 Å². The first-order chi connectivity index (χ1) is 13.3. The Bertz CT molecular complexity index is 882. The zero-order chi connectivity index (χ0) is 20.5. The topological polar surface area (TPSA) is 24.8 Å². The molecule has 3 rings (SSSR count). The van der Waals surface area contributed by atoms with Crippen LogP contribution in [0, 0.1) is 13.8 Å². The Hall–Kier alpha value is -2.29. The summed E-state index contributed by atoms with van der Waals surface area (Å²) in [7, 11) is 1.75. The van der Waals surface area contributed by atoms with Gasteiger partial charge in [-0.25, -0.2) is 0 Å². The largest absolute Gasteiger partial charge is 0.496 e. The van der Waals surface area contributed by atoms with Gasteiger partial charge in [0.25, 0.3) is 0 Å². The average Bonchev–Trinajstić information content (AvgIpc) is 2.65. The van der Waals surface area contributed by atoms with Crippen LogP contribution >= 0.6 is 0 Å². The van der Waals surface area contributed by atoms with Crippen molar-refractivity contribution >= 4 is 17.6 Å². The minimum atomic E-state index is 0.155. The van der Waals surface area contributed by atoms with E-state index in [1.165, 1.54) is 22.4 Å². The molecule has 1 unspecified atom stereocenters. The summed E-state index contributed by atoms with van der Waals surface area (Å²) in [5.74, 6) is 1.40. The summed E-state index contributed by atoms with van der Waals surface area (Å²) >= 11 is 0. The minimum absolute atomic E-state index is 0.155. The summed E-state index contributed by atoms with van der Waals surface area (Å²) in [6.45, 7) is 14.6. The lowest BCUT2D eigenvalue weighted by Crippen LogP contribution is -2.48. The molecule has 0 radical (unpaired) electrons. The standard InChI is InChI=1S/C25H34N2O/c1-8-11-27-23-14-24(28-7)20(13-22(23)19(4)15-25(27,5)6)16-26-21-10-9-17(2)18(3)12-21/h9-10,12-14,16,19H,8,11,15H2,1-7H3. The molecule has 2 aromatic carbocycles. The highest BCUT2D eigenvalue weighted by Gasteiger charge is 2.36. The van der Waals surface area contributed by atoms with Gasteiger partial charge in [0.15, 0.2) is 0 Å². The molecule has 2 aromatic rings. The maximum absolute atomic E-state index is 5.75. The first-order valence-electron chi connectivity index (χ1n) is 10.4. The van der Waals surface area contributed by atoms with Crippen LogP contribution in [0.1, 0.15) is 68.7 Å². The van der Waals surface area contributed by atoms with E-state index in [4.69, 9.17) is 9.73 Å². The quantitative estimate of drug-likeness (QED) is 0.550. The molecule has 3 nitrogen and oxygen atoms in total.